The van der Waals surface area contributed by atoms with Gasteiger partial charge in [-0.25, -0.2) is 9.07 Å². The van der Waals surface area contributed by atoms with Crippen molar-refractivity contribution in [1.82, 2.24) is 30.1 Å². The fourth-order valence-electron chi connectivity index (χ4n) is 4.05. The number of alkyl halides is 3. The molecule has 11 heteroatoms. The van der Waals surface area contributed by atoms with E-state index in [1.54, 1.807) is 0 Å². The average molecular weight is 491 g/mol. The summed E-state index contributed by atoms with van der Waals surface area (Å²) >= 11 is 0. The Morgan fingerprint density at radius 2 is 1.60 bits per heavy atom. The molecule has 0 radical (unpaired) electrons. The SMILES string of the molecule is O=C(NCCCN1CCN(Cc2ccccc2)CC1)c1nnn(-c2ccc(F)cc2)c1C(F)(F)F. The van der Waals surface area contributed by atoms with Crippen LogP contribution in [0.5, 0.6) is 0 Å². The molecule has 0 atom stereocenters. The maximum atomic E-state index is 13.7. The third kappa shape index (κ3) is 6.43. The Morgan fingerprint density at radius 3 is 2.26 bits per heavy atom. The van der Waals surface area contributed by atoms with Crippen LogP contribution in [0.15, 0.2) is 54.6 Å². The smallest absolute Gasteiger partial charge is 0.351 e. The molecule has 3 aromatic rings. The summed E-state index contributed by atoms with van der Waals surface area (Å²) in [6, 6.07) is 14.6. The summed E-state index contributed by atoms with van der Waals surface area (Å²) in [5, 5.41) is 9.47. The van der Waals surface area contributed by atoms with Gasteiger partial charge in [0.15, 0.2) is 11.4 Å². The van der Waals surface area contributed by atoms with Gasteiger partial charge in [-0.15, -0.1) is 5.10 Å². The largest absolute Gasteiger partial charge is 0.435 e. The molecular formula is C24H26F4N6O. The lowest BCUT2D eigenvalue weighted by Gasteiger charge is -2.34. The zero-order chi connectivity index (χ0) is 24.8. The number of amides is 1. The molecule has 2 aromatic carbocycles. The molecule has 1 aliphatic heterocycles. The first-order valence-corrected chi connectivity index (χ1v) is 11.4. The van der Waals surface area contributed by atoms with Gasteiger partial charge in [0.05, 0.1) is 5.69 Å². The summed E-state index contributed by atoms with van der Waals surface area (Å²) in [7, 11) is 0. The van der Waals surface area contributed by atoms with E-state index in [1.165, 1.54) is 5.56 Å². The van der Waals surface area contributed by atoms with Crippen molar-refractivity contribution in [2.24, 2.45) is 0 Å². The lowest BCUT2D eigenvalue weighted by molar-refractivity contribution is -0.143. The molecule has 35 heavy (non-hydrogen) atoms. The lowest BCUT2D eigenvalue weighted by atomic mass is 10.2. The van der Waals surface area contributed by atoms with Crippen molar-refractivity contribution < 1.29 is 22.4 Å². The molecule has 1 N–H and O–H groups in total. The van der Waals surface area contributed by atoms with Crippen molar-refractivity contribution in [2.75, 3.05) is 39.3 Å². The fraction of sp³-hybridized carbons (Fsp3) is 0.375. The van der Waals surface area contributed by atoms with E-state index < -0.39 is 29.3 Å². The van der Waals surface area contributed by atoms with Crippen LogP contribution in [-0.2, 0) is 12.7 Å². The third-order valence-electron chi connectivity index (χ3n) is 5.88. The van der Waals surface area contributed by atoms with E-state index in [-0.39, 0.29) is 12.2 Å². The highest BCUT2D eigenvalue weighted by Gasteiger charge is 2.42. The van der Waals surface area contributed by atoms with Gasteiger partial charge < -0.3 is 10.2 Å². The first-order valence-electron chi connectivity index (χ1n) is 11.4. The number of hydrogen-bond acceptors (Lipinski definition) is 5. The summed E-state index contributed by atoms with van der Waals surface area (Å²) < 4.78 is 54.8. The molecule has 7 nitrogen and oxygen atoms in total. The van der Waals surface area contributed by atoms with Crippen LogP contribution in [0.1, 0.15) is 28.2 Å². The topological polar surface area (TPSA) is 66.3 Å². The van der Waals surface area contributed by atoms with E-state index in [0.717, 1.165) is 63.5 Å². The maximum absolute atomic E-state index is 13.7. The number of carbonyl (C=O) groups is 1. The molecule has 1 fully saturated rings. The van der Waals surface area contributed by atoms with Gasteiger partial charge in [0.1, 0.15) is 5.82 Å². The van der Waals surface area contributed by atoms with Crippen LogP contribution in [0.3, 0.4) is 0 Å². The second-order valence-electron chi connectivity index (χ2n) is 8.39. The van der Waals surface area contributed by atoms with Crippen LogP contribution < -0.4 is 5.32 Å². The average Bonchev–Trinajstić information content (AvgIpc) is 3.30. The second-order valence-corrected chi connectivity index (χ2v) is 8.39. The number of carbonyl (C=O) groups excluding carboxylic acids is 1. The molecule has 4 rings (SSSR count). The minimum absolute atomic E-state index is 0.0447. The molecule has 0 bridgehead atoms. The van der Waals surface area contributed by atoms with Crippen molar-refractivity contribution in [3.8, 4) is 5.69 Å². The van der Waals surface area contributed by atoms with E-state index in [0.29, 0.717) is 11.1 Å². The maximum Gasteiger partial charge on any atom is 0.435 e. The van der Waals surface area contributed by atoms with E-state index in [1.807, 2.05) is 18.2 Å². The van der Waals surface area contributed by atoms with Gasteiger partial charge in [-0.05, 0) is 42.8 Å². The van der Waals surface area contributed by atoms with Gasteiger partial charge >= 0.3 is 6.18 Å². The predicted octanol–water partition coefficient (Wildman–Crippen LogP) is 3.36. The molecule has 0 unspecified atom stereocenters. The summed E-state index contributed by atoms with van der Waals surface area (Å²) in [6.45, 7) is 5.50. The van der Waals surface area contributed by atoms with Gasteiger partial charge in [0.25, 0.3) is 5.91 Å². The van der Waals surface area contributed by atoms with Crippen molar-refractivity contribution in [3.05, 3.63) is 77.4 Å². The standard InChI is InChI=1S/C24H26F4N6O/c25-19-7-9-20(10-8-19)34-22(24(26,27)28)21(30-31-34)23(35)29-11-4-12-32-13-15-33(16-14-32)17-18-5-2-1-3-6-18/h1-3,5-10H,4,11-17H2,(H,29,35). The highest BCUT2D eigenvalue weighted by molar-refractivity contribution is 5.93. The number of nitrogens with zero attached hydrogens (tertiary/aromatic N) is 5. The number of rotatable bonds is 8. The highest BCUT2D eigenvalue weighted by Crippen LogP contribution is 2.32. The second kappa shape index (κ2) is 11.0. The van der Waals surface area contributed by atoms with Crippen molar-refractivity contribution >= 4 is 5.91 Å². The number of benzene rings is 2. The van der Waals surface area contributed by atoms with Crippen LogP contribution in [0.4, 0.5) is 17.6 Å². The van der Waals surface area contributed by atoms with E-state index in [4.69, 9.17) is 0 Å². The van der Waals surface area contributed by atoms with E-state index >= 15 is 0 Å². The Morgan fingerprint density at radius 1 is 0.943 bits per heavy atom. The van der Waals surface area contributed by atoms with Gasteiger partial charge in [-0.1, -0.05) is 35.5 Å². The molecule has 0 saturated carbocycles. The van der Waals surface area contributed by atoms with Crippen LogP contribution >= 0.6 is 0 Å². The number of piperazine rings is 1. The fourth-order valence-corrected chi connectivity index (χ4v) is 4.05. The van der Waals surface area contributed by atoms with Gasteiger partial charge in [0, 0.05) is 39.3 Å². The number of hydrogen-bond donors (Lipinski definition) is 1. The van der Waals surface area contributed by atoms with Crippen molar-refractivity contribution in [3.63, 3.8) is 0 Å². The molecular weight excluding hydrogens is 464 g/mol. The monoisotopic (exact) mass is 490 g/mol. The Bertz CT molecular complexity index is 1110. The van der Waals surface area contributed by atoms with Crippen molar-refractivity contribution in [2.45, 2.75) is 19.1 Å². The zero-order valence-corrected chi connectivity index (χ0v) is 19.0. The van der Waals surface area contributed by atoms with Crippen LogP contribution in [0.25, 0.3) is 5.69 Å². The van der Waals surface area contributed by atoms with Crippen LogP contribution in [-0.4, -0.2) is 70.0 Å². The number of halogens is 4. The third-order valence-corrected chi connectivity index (χ3v) is 5.88. The molecule has 2 heterocycles. The summed E-state index contributed by atoms with van der Waals surface area (Å²) in [5.41, 5.74) is -0.873. The normalized spacial score (nSPS) is 15.3. The van der Waals surface area contributed by atoms with E-state index in [9.17, 15) is 22.4 Å². The number of aromatic nitrogens is 3. The van der Waals surface area contributed by atoms with Gasteiger partial charge in [0.2, 0.25) is 0 Å². The van der Waals surface area contributed by atoms with Gasteiger partial charge in [-0.2, -0.15) is 13.2 Å². The molecule has 1 amide bonds. The minimum atomic E-state index is -4.87. The summed E-state index contributed by atoms with van der Waals surface area (Å²) in [4.78, 5) is 17.1. The van der Waals surface area contributed by atoms with Crippen LogP contribution in [0, 0.1) is 5.82 Å². The predicted molar refractivity (Wildman–Crippen MR) is 121 cm³/mol. The first kappa shape index (κ1) is 24.8. The summed E-state index contributed by atoms with van der Waals surface area (Å²) in [6.07, 6.45) is -4.28. The molecule has 1 saturated heterocycles. The lowest BCUT2D eigenvalue weighted by Crippen LogP contribution is -2.46. The quantitative estimate of drug-likeness (QED) is 0.388. The van der Waals surface area contributed by atoms with Gasteiger partial charge in [-0.3, -0.25) is 9.69 Å². The number of nitrogens with one attached hydrogen (secondary N) is 1. The minimum Gasteiger partial charge on any atom is -0.351 e. The molecule has 186 valence electrons. The molecule has 0 spiro atoms. The molecule has 1 aromatic heterocycles. The Kier molecular flexibility index (Phi) is 7.76. The zero-order valence-electron chi connectivity index (χ0n) is 19.0. The van der Waals surface area contributed by atoms with Crippen LogP contribution in [0.2, 0.25) is 0 Å². The van der Waals surface area contributed by atoms with Crippen molar-refractivity contribution in [1.29, 1.82) is 0 Å². The molecule has 1 aliphatic rings. The Balaban J connectivity index is 1.27. The summed E-state index contributed by atoms with van der Waals surface area (Å²) in [5.74, 6) is -1.55. The first-order chi connectivity index (χ1) is 16.8. The Labute approximate surface area is 200 Å². The highest BCUT2D eigenvalue weighted by atomic mass is 19.4. The van der Waals surface area contributed by atoms with E-state index in [2.05, 4.69) is 37.6 Å². The Hall–Kier alpha value is -3.31. The molecule has 0 aliphatic carbocycles.